The fraction of sp³-hybridized carbons (Fsp3) is 0.462. The molecular formula is C13H18N2O2S. The highest BCUT2D eigenvalue weighted by atomic mass is 32.2. The molecule has 0 saturated heterocycles. The molecular weight excluding hydrogens is 248 g/mol. The molecule has 2 rings (SSSR count). The van der Waals surface area contributed by atoms with Crippen molar-refractivity contribution < 1.29 is 8.42 Å². The first kappa shape index (κ1) is 13.1. The standard InChI is InChI=1S/C13H18N2O2S/c1-11-7-9-13(10-8-11)18(16,17)15(2)14-12-5-3-4-6-12/h7-10H,3-6H2,1-2H3. The summed E-state index contributed by atoms with van der Waals surface area (Å²) < 4.78 is 25.6. The summed E-state index contributed by atoms with van der Waals surface area (Å²) in [6.07, 6.45) is 4.04. The van der Waals surface area contributed by atoms with Gasteiger partial charge in [-0.1, -0.05) is 17.7 Å². The largest absolute Gasteiger partial charge is 0.278 e. The highest BCUT2D eigenvalue weighted by molar-refractivity contribution is 7.89. The molecule has 0 aromatic heterocycles. The number of benzene rings is 1. The second-order valence-corrected chi connectivity index (χ2v) is 6.58. The average Bonchev–Trinajstić information content (AvgIpc) is 2.82. The average molecular weight is 266 g/mol. The molecule has 4 nitrogen and oxygen atoms in total. The number of sulfonamides is 1. The minimum absolute atomic E-state index is 0.290. The molecule has 0 unspecified atom stereocenters. The summed E-state index contributed by atoms with van der Waals surface area (Å²) in [7, 11) is -2.00. The zero-order valence-electron chi connectivity index (χ0n) is 10.8. The van der Waals surface area contributed by atoms with Crippen LogP contribution in [0.5, 0.6) is 0 Å². The molecule has 98 valence electrons. The molecule has 0 aliphatic heterocycles. The van der Waals surface area contributed by atoms with Crippen molar-refractivity contribution in [3.8, 4) is 0 Å². The first-order chi connectivity index (χ1) is 8.50. The van der Waals surface area contributed by atoms with E-state index in [0.717, 1.165) is 41.4 Å². The first-order valence-electron chi connectivity index (χ1n) is 6.12. The van der Waals surface area contributed by atoms with Crippen LogP contribution in [0.1, 0.15) is 31.2 Å². The molecule has 1 aliphatic carbocycles. The van der Waals surface area contributed by atoms with Crippen LogP contribution in [0.15, 0.2) is 34.3 Å². The lowest BCUT2D eigenvalue weighted by atomic mass is 10.2. The molecule has 5 heteroatoms. The van der Waals surface area contributed by atoms with Gasteiger partial charge in [0.2, 0.25) is 0 Å². The molecule has 1 aliphatic rings. The third-order valence-corrected chi connectivity index (χ3v) is 4.77. The maximum atomic E-state index is 12.3. The lowest BCUT2D eigenvalue weighted by Crippen LogP contribution is -2.23. The molecule has 1 aromatic carbocycles. The molecule has 1 aromatic rings. The summed E-state index contributed by atoms with van der Waals surface area (Å²) in [6, 6.07) is 6.83. The first-order valence-corrected chi connectivity index (χ1v) is 7.56. The van der Waals surface area contributed by atoms with Crippen LogP contribution in [0.25, 0.3) is 0 Å². The summed E-state index contributed by atoms with van der Waals surface area (Å²) in [4.78, 5) is 0.290. The van der Waals surface area contributed by atoms with Gasteiger partial charge in [-0.2, -0.15) is 17.9 Å². The van der Waals surface area contributed by atoms with Crippen LogP contribution in [0, 0.1) is 6.92 Å². The van der Waals surface area contributed by atoms with Crippen molar-refractivity contribution in [2.24, 2.45) is 5.10 Å². The maximum absolute atomic E-state index is 12.3. The highest BCUT2D eigenvalue weighted by Gasteiger charge is 2.20. The number of nitrogens with zero attached hydrogens (tertiary/aromatic N) is 2. The number of hydrogen-bond donors (Lipinski definition) is 0. The van der Waals surface area contributed by atoms with Crippen LogP contribution in [-0.2, 0) is 10.0 Å². The summed E-state index contributed by atoms with van der Waals surface area (Å²) >= 11 is 0. The lowest BCUT2D eigenvalue weighted by molar-refractivity contribution is 0.488. The number of hydrogen-bond acceptors (Lipinski definition) is 3. The number of rotatable bonds is 3. The molecule has 0 amide bonds. The molecule has 1 fully saturated rings. The summed E-state index contributed by atoms with van der Waals surface area (Å²) in [5.41, 5.74) is 2.02. The van der Waals surface area contributed by atoms with Crippen molar-refractivity contribution in [3.63, 3.8) is 0 Å². The van der Waals surface area contributed by atoms with E-state index in [1.54, 1.807) is 24.3 Å². The van der Waals surface area contributed by atoms with Gasteiger partial charge in [0.15, 0.2) is 0 Å². The van der Waals surface area contributed by atoms with Gasteiger partial charge in [0, 0.05) is 12.8 Å². The Balaban J connectivity index is 2.25. The van der Waals surface area contributed by atoms with Crippen molar-refractivity contribution in [3.05, 3.63) is 29.8 Å². The van der Waals surface area contributed by atoms with Crippen molar-refractivity contribution in [2.75, 3.05) is 7.05 Å². The van der Waals surface area contributed by atoms with Crippen molar-refractivity contribution in [1.82, 2.24) is 4.41 Å². The zero-order valence-corrected chi connectivity index (χ0v) is 11.6. The Kier molecular flexibility index (Phi) is 3.71. The Morgan fingerprint density at radius 3 is 2.22 bits per heavy atom. The Morgan fingerprint density at radius 2 is 1.67 bits per heavy atom. The Labute approximate surface area is 108 Å². The van der Waals surface area contributed by atoms with Gasteiger partial charge in [-0.15, -0.1) is 0 Å². The summed E-state index contributed by atoms with van der Waals surface area (Å²) in [5.74, 6) is 0. The smallest absolute Gasteiger partial charge is 0.200 e. The topological polar surface area (TPSA) is 49.7 Å². The van der Waals surface area contributed by atoms with Gasteiger partial charge in [0.25, 0.3) is 10.0 Å². The number of hydrazone groups is 1. The molecule has 0 N–H and O–H groups in total. The lowest BCUT2D eigenvalue weighted by Gasteiger charge is -2.15. The van der Waals surface area contributed by atoms with Gasteiger partial charge < -0.3 is 0 Å². The second kappa shape index (κ2) is 5.10. The van der Waals surface area contributed by atoms with E-state index in [1.807, 2.05) is 6.92 Å². The van der Waals surface area contributed by atoms with Crippen LogP contribution >= 0.6 is 0 Å². The summed E-state index contributed by atoms with van der Waals surface area (Å²) in [5, 5.41) is 4.21. The van der Waals surface area contributed by atoms with E-state index in [1.165, 1.54) is 7.05 Å². The van der Waals surface area contributed by atoms with Gasteiger partial charge in [-0.05, 0) is 44.7 Å². The van der Waals surface area contributed by atoms with Crippen molar-refractivity contribution in [1.29, 1.82) is 0 Å². The maximum Gasteiger partial charge on any atom is 0.278 e. The minimum Gasteiger partial charge on any atom is -0.200 e. The quantitative estimate of drug-likeness (QED) is 0.789. The van der Waals surface area contributed by atoms with Crippen molar-refractivity contribution in [2.45, 2.75) is 37.5 Å². The molecule has 0 spiro atoms. The second-order valence-electron chi connectivity index (χ2n) is 4.63. The van der Waals surface area contributed by atoms with Crippen LogP contribution < -0.4 is 0 Å². The third kappa shape index (κ3) is 2.72. The van der Waals surface area contributed by atoms with Gasteiger partial charge in [-0.25, -0.2) is 0 Å². The van der Waals surface area contributed by atoms with Gasteiger partial charge in [0.05, 0.1) is 4.90 Å². The van der Waals surface area contributed by atoms with E-state index >= 15 is 0 Å². The van der Waals surface area contributed by atoms with Crippen LogP contribution in [0.3, 0.4) is 0 Å². The monoisotopic (exact) mass is 266 g/mol. The van der Waals surface area contributed by atoms with Crippen LogP contribution in [0.4, 0.5) is 0 Å². The Bertz CT molecular complexity index is 539. The van der Waals surface area contributed by atoms with Gasteiger partial charge >= 0.3 is 0 Å². The van der Waals surface area contributed by atoms with E-state index in [4.69, 9.17) is 0 Å². The highest BCUT2D eigenvalue weighted by Crippen LogP contribution is 2.19. The molecule has 0 atom stereocenters. The molecule has 0 radical (unpaired) electrons. The van der Waals surface area contributed by atoms with E-state index in [9.17, 15) is 8.42 Å². The molecule has 18 heavy (non-hydrogen) atoms. The minimum atomic E-state index is -3.50. The van der Waals surface area contributed by atoms with Crippen LogP contribution in [0.2, 0.25) is 0 Å². The fourth-order valence-corrected chi connectivity index (χ4v) is 3.01. The third-order valence-electron chi connectivity index (χ3n) is 3.13. The van der Waals surface area contributed by atoms with Crippen LogP contribution in [-0.4, -0.2) is 25.6 Å². The van der Waals surface area contributed by atoms with Gasteiger partial charge in [-0.3, -0.25) is 0 Å². The van der Waals surface area contributed by atoms with E-state index in [0.29, 0.717) is 0 Å². The molecule has 0 heterocycles. The van der Waals surface area contributed by atoms with E-state index in [2.05, 4.69) is 5.10 Å². The predicted octanol–water partition coefficient (Wildman–Crippen LogP) is 2.55. The van der Waals surface area contributed by atoms with Gasteiger partial charge in [0.1, 0.15) is 0 Å². The predicted molar refractivity (Wildman–Crippen MR) is 72.0 cm³/mol. The SMILES string of the molecule is Cc1ccc(S(=O)(=O)N(C)N=C2CCCC2)cc1. The van der Waals surface area contributed by atoms with E-state index in [-0.39, 0.29) is 4.90 Å². The molecule has 1 saturated carbocycles. The normalized spacial score (nSPS) is 15.8. The number of aryl methyl sites for hydroxylation is 1. The zero-order chi connectivity index (χ0) is 13.2. The summed E-state index contributed by atoms with van der Waals surface area (Å²) in [6.45, 7) is 1.93. The van der Waals surface area contributed by atoms with Crippen molar-refractivity contribution >= 4 is 15.7 Å². The molecule has 0 bridgehead atoms. The Hall–Kier alpha value is -1.36. The fourth-order valence-electron chi connectivity index (χ4n) is 2.00. The Morgan fingerprint density at radius 1 is 1.11 bits per heavy atom. The van der Waals surface area contributed by atoms with E-state index < -0.39 is 10.0 Å².